The zero-order valence-corrected chi connectivity index (χ0v) is 15.2. The minimum absolute atomic E-state index is 0.127. The van der Waals surface area contributed by atoms with E-state index in [9.17, 15) is 5.11 Å². The Balaban J connectivity index is 2.53. The van der Waals surface area contributed by atoms with E-state index in [0.717, 1.165) is 28.1 Å². The maximum atomic E-state index is 10.7. The van der Waals surface area contributed by atoms with E-state index in [1.807, 2.05) is 37.3 Å². The van der Waals surface area contributed by atoms with Crippen molar-refractivity contribution in [3.63, 3.8) is 0 Å². The summed E-state index contributed by atoms with van der Waals surface area (Å²) in [6, 6.07) is 5.99. The van der Waals surface area contributed by atoms with Crippen LogP contribution in [0.1, 0.15) is 69.7 Å². The molecule has 0 radical (unpaired) electrons. The number of rotatable bonds is 2. The van der Waals surface area contributed by atoms with Crippen LogP contribution in [0.2, 0.25) is 0 Å². The van der Waals surface area contributed by atoms with Crippen molar-refractivity contribution in [1.29, 1.82) is 0 Å². The highest BCUT2D eigenvalue weighted by molar-refractivity contribution is 5.70. The van der Waals surface area contributed by atoms with E-state index in [2.05, 4.69) is 46.7 Å². The largest absolute Gasteiger partial charge is 0.507 e. The van der Waals surface area contributed by atoms with Gasteiger partial charge in [0.25, 0.3) is 0 Å². The summed E-state index contributed by atoms with van der Waals surface area (Å²) in [6.07, 6.45) is 3.95. The minimum Gasteiger partial charge on any atom is -0.507 e. The van der Waals surface area contributed by atoms with Crippen LogP contribution in [-0.2, 0) is 10.8 Å². The van der Waals surface area contributed by atoms with Gasteiger partial charge in [0.2, 0.25) is 0 Å². The van der Waals surface area contributed by atoms with Crippen LogP contribution in [0.15, 0.2) is 22.7 Å². The SMILES string of the molecule is Cc1cc(C=Cc2cc(C(C)(C)C)c(O)c(C(C)(C)C)c2)no1. The Kier molecular flexibility index (Phi) is 4.43. The van der Waals surface area contributed by atoms with Crippen LogP contribution >= 0.6 is 0 Å². The molecule has 0 spiro atoms. The molecule has 0 aliphatic carbocycles. The molecule has 1 heterocycles. The number of nitrogens with zero attached hydrogens (tertiary/aromatic N) is 1. The Morgan fingerprint density at radius 1 is 0.913 bits per heavy atom. The number of aromatic hydroxyl groups is 1. The topological polar surface area (TPSA) is 46.3 Å². The summed E-state index contributed by atoms with van der Waals surface area (Å²) in [5, 5.41) is 14.7. The van der Waals surface area contributed by atoms with E-state index in [4.69, 9.17) is 4.52 Å². The molecule has 0 aliphatic heterocycles. The van der Waals surface area contributed by atoms with Crippen LogP contribution in [-0.4, -0.2) is 10.3 Å². The first-order valence-corrected chi connectivity index (χ1v) is 7.98. The summed E-state index contributed by atoms with van der Waals surface area (Å²) in [5.74, 6) is 1.19. The molecule has 0 fully saturated rings. The third-order valence-electron chi connectivity index (χ3n) is 3.84. The molecule has 0 saturated heterocycles. The summed E-state index contributed by atoms with van der Waals surface area (Å²) in [6.45, 7) is 14.6. The molecule has 2 rings (SSSR count). The first-order valence-electron chi connectivity index (χ1n) is 7.98. The second-order valence-corrected chi connectivity index (χ2v) is 8.16. The molecule has 1 N–H and O–H groups in total. The van der Waals surface area contributed by atoms with Crippen LogP contribution in [0.5, 0.6) is 5.75 Å². The van der Waals surface area contributed by atoms with E-state index in [0.29, 0.717) is 5.75 Å². The van der Waals surface area contributed by atoms with Gasteiger partial charge < -0.3 is 9.63 Å². The number of aryl methyl sites for hydroxylation is 1. The van der Waals surface area contributed by atoms with Gasteiger partial charge >= 0.3 is 0 Å². The Bertz CT molecular complexity index is 690. The molecule has 124 valence electrons. The number of hydrogen-bond acceptors (Lipinski definition) is 3. The molecule has 0 bridgehead atoms. The lowest BCUT2D eigenvalue weighted by atomic mass is 9.78. The predicted molar refractivity (Wildman–Crippen MR) is 95.7 cm³/mol. The fourth-order valence-corrected chi connectivity index (χ4v) is 2.54. The maximum absolute atomic E-state index is 10.7. The van der Waals surface area contributed by atoms with Crippen LogP contribution in [0.25, 0.3) is 12.2 Å². The molecule has 0 saturated carbocycles. The fraction of sp³-hybridized carbons (Fsp3) is 0.450. The molecule has 1 aromatic heterocycles. The summed E-state index contributed by atoms with van der Waals surface area (Å²) < 4.78 is 5.09. The standard InChI is InChI=1S/C20H27NO2/c1-13-10-15(21-23-13)9-8-14-11-16(19(2,3)4)18(22)17(12-14)20(5,6)7/h8-12,22H,1-7H3. The molecular formula is C20H27NO2. The summed E-state index contributed by atoms with van der Waals surface area (Å²) in [7, 11) is 0. The molecule has 3 heteroatoms. The average Bonchev–Trinajstić information content (AvgIpc) is 2.80. The minimum atomic E-state index is -0.127. The van der Waals surface area contributed by atoms with Crippen molar-refractivity contribution in [3.05, 3.63) is 46.3 Å². The number of phenolic OH excluding ortho intramolecular Hbond substituents is 1. The molecule has 0 aliphatic rings. The van der Waals surface area contributed by atoms with Crippen molar-refractivity contribution >= 4 is 12.2 Å². The number of aromatic nitrogens is 1. The van der Waals surface area contributed by atoms with Crippen molar-refractivity contribution in [1.82, 2.24) is 5.16 Å². The Morgan fingerprint density at radius 3 is 1.83 bits per heavy atom. The van der Waals surface area contributed by atoms with Crippen molar-refractivity contribution in [2.24, 2.45) is 0 Å². The van der Waals surface area contributed by atoms with Gasteiger partial charge in [0.05, 0.1) is 0 Å². The number of hydrogen-bond donors (Lipinski definition) is 1. The van der Waals surface area contributed by atoms with Gasteiger partial charge in [0, 0.05) is 17.2 Å². The molecular weight excluding hydrogens is 286 g/mol. The second kappa shape index (κ2) is 5.88. The van der Waals surface area contributed by atoms with Gasteiger partial charge in [-0.1, -0.05) is 52.8 Å². The lowest BCUT2D eigenvalue weighted by Crippen LogP contribution is -2.17. The van der Waals surface area contributed by atoms with Gasteiger partial charge in [-0.2, -0.15) is 0 Å². The van der Waals surface area contributed by atoms with Crippen LogP contribution in [0.3, 0.4) is 0 Å². The van der Waals surface area contributed by atoms with E-state index in [1.54, 1.807) is 0 Å². The van der Waals surface area contributed by atoms with Crippen LogP contribution in [0.4, 0.5) is 0 Å². The third-order valence-corrected chi connectivity index (χ3v) is 3.84. The smallest absolute Gasteiger partial charge is 0.134 e. The van der Waals surface area contributed by atoms with E-state index in [-0.39, 0.29) is 10.8 Å². The van der Waals surface area contributed by atoms with Crippen molar-refractivity contribution in [2.45, 2.75) is 59.3 Å². The Hall–Kier alpha value is -2.03. The number of benzene rings is 1. The zero-order chi connectivity index (χ0) is 17.4. The number of phenols is 1. The van der Waals surface area contributed by atoms with Crippen molar-refractivity contribution < 1.29 is 9.63 Å². The van der Waals surface area contributed by atoms with Gasteiger partial charge in [-0.3, -0.25) is 0 Å². The van der Waals surface area contributed by atoms with Crippen molar-refractivity contribution in [3.8, 4) is 5.75 Å². The van der Waals surface area contributed by atoms with Gasteiger partial charge in [-0.25, -0.2) is 0 Å². The van der Waals surface area contributed by atoms with E-state index < -0.39 is 0 Å². The summed E-state index contributed by atoms with van der Waals surface area (Å²) in [4.78, 5) is 0. The maximum Gasteiger partial charge on any atom is 0.134 e. The third kappa shape index (κ3) is 4.04. The lowest BCUT2D eigenvalue weighted by molar-refractivity contribution is 0.396. The van der Waals surface area contributed by atoms with Crippen molar-refractivity contribution in [2.75, 3.05) is 0 Å². The molecule has 0 unspecified atom stereocenters. The van der Waals surface area contributed by atoms with Gasteiger partial charge in [0.1, 0.15) is 17.2 Å². The highest BCUT2D eigenvalue weighted by atomic mass is 16.5. The fourth-order valence-electron chi connectivity index (χ4n) is 2.54. The normalized spacial score (nSPS) is 13.0. The lowest BCUT2D eigenvalue weighted by Gasteiger charge is -2.27. The monoisotopic (exact) mass is 313 g/mol. The Labute approximate surface area is 139 Å². The van der Waals surface area contributed by atoms with E-state index >= 15 is 0 Å². The van der Waals surface area contributed by atoms with Gasteiger partial charge in [0.15, 0.2) is 0 Å². The van der Waals surface area contributed by atoms with Crippen LogP contribution < -0.4 is 0 Å². The first kappa shape index (κ1) is 17.3. The van der Waals surface area contributed by atoms with Gasteiger partial charge in [-0.15, -0.1) is 0 Å². The summed E-state index contributed by atoms with van der Waals surface area (Å²) >= 11 is 0. The van der Waals surface area contributed by atoms with Gasteiger partial charge in [-0.05, 0) is 41.5 Å². The highest BCUT2D eigenvalue weighted by Crippen LogP contribution is 2.40. The second-order valence-electron chi connectivity index (χ2n) is 8.16. The van der Waals surface area contributed by atoms with E-state index in [1.165, 1.54) is 0 Å². The van der Waals surface area contributed by atoms with Crippen LogP contribution in [0, 0.1) is 6.92 Å². The summed E-state index contributed by atoms with van der Waals surface area (Å²) in [5.41, 5.74) is 3.52. The molecule has 2 aromatic rings. The molecule has 1 aromatic carbocycles. The average molecular weight is 313 g/mol. The molecule has 0 atom stereocenters. The molecule has 23 heavy (non-hydrogen) atoms. The molecule has 3 nitrogen and oxygen atoms in total. The first-order chi connectivity index (χ1) is 10.5. The molecule has 0 amide bonds. The quantitative estimate of drug-likeness (QED) is 0.801. The predicted octanol–water partition coefficient (Wildman–Crippen LogP) is 5.45. The highest BCUT2D eigenvalue weighted by Gasteiger charge is 2.26. The Morgan fingerprint density at radius 2 is 1.43 bits per heavy atom. The zero-order valence-electron chi connectivity index (χ0n) is 15.2.